The van der Waals surface area contributed by atoms with Gasteiger partial charge in [0.2, 0.25) is 29.5 Å². The SMILES string of the molecule is CC[C@@]1(O)C(=O)OCc2c1cc1n(c2=O)Cc2c-1nc1cc(F)c(C)c3c1c2[C@@H](NC(=O)CN(CCNC(=O)CNC(=O)[C@H](Cc1ccccc1)NC(=O)CNC(=O)CNC(=O)OC(C)(C)C)CC(=O)O)CC3. The number of carboxylic acids is 1. The van der Waals surface area contributed by atoms with Crippen LogP contribution in [0.1, 0.15) is 85.5 Å². The number of carbonyl (C=O) groups excluding carboxylic acids is 7. The number of amides is 6. The molecule has 2 aliphatic heterocycles. The van der Waals surface area contributed by atoms with Gasteiger partial charge in [0.15, 0.2) is 5.60 Å². The number of cyclic esters (lactones) is 1. The maximum Gasteiger partial charge on any atom is 0.408 e. The summed E-state index contributed by atoms with van der Waals surface area (Å²) in [6.45, 7) is 5.10. The van der Waals surface area contributed by atoms with Crippen molar-refractivity contribution in [1.29, 1.82) is 0 Å². The van der Waals surface area contributed by atoms with Gasteiger partial charge in [-0.1, -0.05) is 37.3 Å². The smallest absolute Gasteiger partial charge is 0.408 e. The molecule has 4 heterocycles. The van der Waals surface area contributed by atoms with Crippen molar-refractivity contribution >= 4 is 58.5 Å². The number of ether oxygens (including phenoxy) is 2. The Labute approximate surface area is 417 Å². The van der Waals surface area contributed by atoms with E-state index in [1.165, 1.54) is 15.5 Å². The lowest BCUT2D eigenvalue weighted by molar-refractivity contribution is -0.172. The van der Waals surface area contributed by atoms with Crippen molar-refractivity contribution in [2.75, 3.05) is 45.8 Å². The highest BCUT2D eigenvalue weighted by molar-refractivity contribution is 5.95. The van der Waals surface area contributed by atoms with Crippen molar-refractivity contribution < 1.29 is 62.4 Å². The van der Waals surface area contributed by atoms with Crippen LogP contribution in [0, 0.1) is 12.7 Å². The second kappa shape index (κ2) is 21.9. The number of carbonyl (C=O) groups is 8. The predicted molar refractivity (Wildman–Crippen MR) is 258 cm³/mol. The Hall–Kier alpha value is -7.79. The van der Waals surface area contributed by atoms with E-state index in [1.807, 2.05) is 0 Å². The fourth-order valence-corrected chi connectivity index (χ4v) is 9.27. The van der Waals surface area contributed by atoms with Crippen molar-refractivity contribution in [3.05, 3.63) is 97.6 Å². The molecule has 4 aromatic rings. The Kier molecular flexibility index (Phi) is 15.9. The molecule has 2 aromatic heterocycles. The van der Waals surface area contributed by atoms with Gasteiger partial charge < -0.3 is 56.2 Å². The highest BCUT2D eigenvalue weighted by Crippen LogP contribution is 2.46. The Morgan fingerprint density at radius 3 is 2.33 bits per heavy atom. The van der Waals surface area contributed by atoms with Crippen molar-refractivity contribution in [2.45, 2.75) is 96.7 Å². The van der Waals surface area contributed by atoms with Crippen LogP contribution >= 0.6 is 0 Å². The number of aryl methyl sites for hydroxylation is 1. The standard InChI is InChI=1S/C50H58FN9O13/c1-6-50(71)31-17-36-44-29(22-60(36)46(68)30(31)25-72-47(50)69)43-33(13-12-28-26(2)32(51)18-34(58-44)42(28)43)56-40(64)23-59(24-41(65)66)15-14-52-37(61)19-54-45(67)35(16-27-10-8-7-9-11-27)57-39(63)21-53-38(62)20-55-48(70)73-49(3,4)5/h7-11,17-18,33,35,71H,6,12-16,19-25H2,1-5H3,(H,52,61)(H,53,62)(H,54,67)(H,55,70)(H,56,64)(H,57,63)(H,65,66)/t33-,35-,50-/m0/s1. The zero-order chi connectivity index (χ0) is 52.9. The van der Waals surface area contributed by atoms with Crippen molar-refractivity contribution in [2.24, 2.45) is 0 Å². The van der Waals surface area contributed by atoms with Crippen LogP contribution in [0.4, 0.5) is 9.18 Å². The average Bonchev–Trinajstić information content (AvgIpc) is 3.70. The number of benzene rings is 2. The fourth-order valence-electron chi connectivity index (χ4n) is 9.27. The molecule has 22 nitrogen and oxygen atoms in total. The highest BCUT2D eigenvalue weighted by atomic mass is 19.1. The first-order chi connectivity index (χ1) is 34.6. The van der Waals surface area contributed by atoms with Gasteiger partial charge in [-0.25, -0.2) is 19.0 Å². The van der Waals surface area contributed by atoms with Crippen molar-refractivity contribution in [3.8, 4) is 11.4 Å². The quantitative estimate of drug-likeness (QED) is 0.0526. The van der Waals surface area contributed by atoms with E-state index in [1.54, 1.807) is 71.0 Å². The monoisotopic (exact) mass is 1010 g/mol. The molecule has 73 heavy (non-hydrogen) atoms. The van der Waals surface area contributed by atoms with E-state index >= 15 is 4.39 Å². The minimum atomic E-state index is -2.08. The summed E-state index contributed by atoms with van der Waals surface area (Å²) in [6.07, 6.45) is -0.190. The number of alkyl carbamates (subject to hydrolysis) is 1. The van der Waals surface area contributed by atoms with Crippen LogP contribution in [-0.2, 0) is 74.6 Å². The molecule has 0 saturated heterocycles. The largest absolute Gasteiger partial charge is 0.480 e. The first kappa shape index (κ1) is 53.0. The highest BCUT2D eigenvalue weighted by Gasteiger charge is 2.46. The van der Waals surface area contributed by atoms with Gasteiger partial charge in [-0.3, -0.25) is 38.5 Å². The summed E-state index contributed by atoms with van der Waals surface area (Å²) >= 11 is 0. The molecule has 0 spiro atoms. The minimum Gasteiger partial charge on any atom is -0.480 e. The Bertz CT molecular complexity index is 2960. The molecule has 1 aliphatic carbocycles. The summed E-state index contributed by atoms with van der Waals surface area (Å²) in [4.78, 5) is 122. The summed E-state index contributed by atoms with van der Waals surface area (Å²) in [7, 11) is 0. The molecular formula is C50H58FN9O13. The van der Waals surface area contributed by atoms with E-state index in [0.29, 0.717) is 57.4 Å². The molecule has 3 aliphatic rings. The Morgan fingerprint density at radius 2 is 1.63 bits per heavy atom. The number of carboxylic acid groups (broad SMARTS) is 1. The summed E-state index contributed by atoms with van der Waals surface area (Å²) in [5.74, 6) is -6.00. The number of hydrogen-bond acceptors (Lipinski definition) is 14. The molecule has 8 N–H and O–H groups in total. The van der Waals surface area contributed by atoms with Crippen LogP contribution in [-0.4, -0.2) is 130 Å². The zero-order valence-electron chi connectivity index (χ0n) is 41.0. The van der Waals surface area contributed by atoms with Gasteiger partial charge in [-0.2, -0.15) is 0 Å². The van der Waals surface area contributed by atoms with Crippen LogP contribution < -0.4 is 37.5 Å². The van der Waals surface area contributed by atoms with Crippen molar-refractivity contribution in [1.82, 2.24) is 46.4 Å². The van der Waals surface area contributed by atoms with Crippen molar-refractivity contribution in [3.63, 3.8) is 0 Å². The Balaban J connectivity index is 0.978. The second-order valence-electron chi connectivity index (χ2n) is 19.1. The summed E-state index contributed by atoms with van der Waals surface area (Å²) in [5.41, 5.74) is 0.732. The van der Waals surface area contributed by atoms with Gasteiger partial charge >= 0.3 is 18.0 Å². The van der Waals surface area contributed by atoms with Crippen LogP contribution in [0.2, 0.25) is 0 Å². The number of aliphatic carboxylic acids is 1. The number of aromatic nitrogens is 2. The maximum absolute atomic E-state index is 15.4. The van der Waals surface area contributed by atoms with Gasteiger partial charge in [0.1, 0.15) is 30.6 Å². The summed E-state index contributed by atoms with van der Waals surface area (Å²) in [5, 5.41) is 37.0. The van der Waals surface area contributed by atoms with E-state index in [2.05, 4.69) is 31.9 Å². The molecule has 2 aromatic carbocycles. The molecule has 388 valence electrons. The van der Waals surface area contributed by atoms with Crippen LogP contribution in [0.15, 0.2) is 47.3 Å². The third kappa shape index (κ3) is 12.1. The second-order valence-corrected chi connectivity index (χ2v) is 19.1. The molecule has 0 saturated carbocycles. The molecule has 0 radical (unpaired) electrons. The third-order valence-corrected chi connectivity index (χ3v) is 12.8. The first-order valence-electron chi connectivity index (χ1n) is 23.7. The van der Waals surface area contributed by atoms with Crippen LogP contribution in [0.3, 0.4) is 0 Å². The number of halogens is 1. The molecule has 0 unspecified atom stereocenters. The lowest BCUT2D eigenvalue weighted by Crippen LogP contribution is -2.52. The topological polar surface area (TPSA) is 306 Å². The minimum absolute atomic E-state index is 0.0149. The number of hydrogen-bond donors (Lipinski definition) is 8. The third-order valence-electron chi connectivity index (χ3n) is 12.8. The number of nitrogens with one attached hydrogen (secondary N) is 6. The zero-order valence-corrected chi connectivity index (χ0v) is 41.0. The van der Waals surface area contributed by atoms with E-state index < -0.39 is 115 Å². The Morgan fingerprint density at radius 1 is 0.932 bits per heavy atom. The van der Waals surface area contributed by atoms with E-state index in [9.17, 15) is 53.4 Å². The predicted octanol–water partition coefficient (Wildman–Crippen LogP) is 0.618. The number of esters is 1. The summed E-state index contributed by atoms with van der Waals surface area (Å²) < 4.78 is 27.2. The number of nitrogens with zero attached hydrogens (tertiary/aromatic N) is 3. The first-order valence-corrected chi connectivity index (χ1v) is 23.7. The van der Waals surface area contributed by atoms with Gasteiger partial charge in [-0.15, -0.1) is 0 Å². The average molecular weight is 1010 g/mol. The maximum atomic E-state index is 15.4. The number of aliphatic hydroxyl groups is 1. The van der Waals surface area contributed by atoms with Crippen LogP contribution in [0.25, 0.3) is 22.3 Å². The molecule has 3 atom stereocenters. The van der Waals surface area contributed by atoms with Gasteiger partial charge in [-0.05, 0) is 75.3 Å². The number of pyridine rings is 2. The molecule has 6 amide bonds. The van der Waals surface area contributed by atoms with Gasteiger partial charge in [0.05, 0.1) is 61.2 Å². The molecule has 7 rings (SSSR count). The number of fused-ring (bicyclic) bond motifs is 5. The molecular weight excluding hydrogens is 954 g/mol. The van der Waals surface area contributed by atoms with Crippen LogP contribution in [0.5, 0.6) is 0 Å². The molecule has 23 heteroatoms. The lowest BCUT2D eigenvalue weighted by Gasteiger charge is -2.31. The molecule has 0 bridgehead atoms. The number of rotatable bonds is 19. The van der Waals surface area contributed by atoms with E-state index in [4.69, 9.17) is 14.5 Å². The van der Waals surface area contributed by atoms with Gasteiger partial charge in [0.25, 0.3) is 5.56 Å². The van der Waals surface area contributed by atoms with Gasteiger partial charge in [0, 0.05) is 42.1 Å². The lowest BCUT2D eigenvalue weighted by atomic mass is 9.81. The normalized spacial score (nSPS) is 16.8. The summed E-state index contributed by atoms with van der Waals surface area (Å²) in [6, 6.07) is 9.68. The van der Waals surface area contributed by atoms with E-state index in [0.717, 1.165) is 0 Å². The molecule has 0 fully saturated rings. The fraction of sp³-hybridized carbons (Fsp3) is 0.440. The van der Waals surface area contributed by atoms with E-state index in [-0.39, 0.29) is 55.7 Å².